The first-order valence-electron chi connectivity index (χ1n) is 5.06. The molecule has 0 aliphatic heterocycles. The lowest BCUT2D eigenvalue weighted by Gasteiger charge is -2.14. The van der Waals surface area contributed by atoms with Crippen molar-refractivity contribution in [3.8, 4) is 0 Å². The molecule has 1 aromatic rings. The van der Waals surface area contributed by atoms with Crippen molar-refractivity contribution >= 4 is 5.97 Å². The van der Waals surface area contributed by atoms with Gasteiger partial charge in [0.15, 0.2) is 0 Å². The number of carboxylic acid groups (broad SMARTS) is 1. The van der Waals surface area contributed by atoms with Crippen molar-refractivity contribution < 1.29 is 9.90 Å². The van der Waals surface area contributed by atoms with E-state index in [1.807, 2.05) is 32.0 Å². The lowest BCUT2D eigenvalue weighted by atomic mass is 9.91. The van der Waals surface area contributed by atoms with Crippen LogP contribution >= 0.6 is 0 Å². The minimum absolute atomic E-state index is 0.393. The summed E-state index contributed by atoms with van der Waals surface area (Å²) in [5, 5.41) is 9.10. The van der Waals surface area contributed by atoms with Gasteiger partial charge in [-0.2, -0.15) is 0 Å². The maximum atomic E-state index is 11.1. The molecule has 1 aromatic carbocycles. The fourth-order valence-electron chi connectivity index (χ4n) is 1.80. The molecule has 0 radical (unpaired) electrons. The third kappa shape index (κ3) is 2.80. The van der Waals surface area contributed by atoms with E-state index in [-0.39, 0.29) is 0 Å². The van der Waals surface area contributed by atoms with Crippen LogP contribution in [0.2, 0.25) is 0 Å². The lowest BCUT2D eigenvalue weighted by molar-refractivity contribution is -0.138. The molecule has 82 valence electrons. The molecule has 15 heavy (non-hydrogen) atoms. The van der Waals surface area contributed by atoms with E-state index in [2.05, 4.69) is 0 Å². The minimum Gasteiger partial charge on any atom is -0.481 e. The molecule has 0 aromatic heterocycles. The number of hydrogen-bond donors (Lipinski definition) is 2. The fourth-order valence-corrected chi connectivity index (χ4v) is 1.80. The van der Waals surface area contributed by atoms with Crippen LogP contribution < -0.4 is 5.73 Å². The summed E-state index contributed by atoms with van der Waals surface area (Å²) in [7, 11) is 0. The Balaban J connectivity index is 3.05. The Morgan fingerprint density at radius 1 is 1.47 bits per heavy atom. The van der Waals surface area contributed by atoms with E-state index < -0.39 is 11.9 Å². The molecular weight excluding hydrogens is 190 g/mol. The first-order valence-corrected chi connectivity index (χ1v) is 5.06. The molecule has 0 aliphatic rings. The normalized spacial score (nSPS) is 12.5. The molecule has 1 atom stereocenters. The largest absolute Gasteiger partial charge is 0.481 e. The molecule has 3 heteroatoms. The number of aliphatic carboxylic acids is 1. The van der Waals surface area contributed by atoms with E-state index in [0.29, 0.717) is 13.0 Å². The average molecular weight is 207 g/mol. The Kier molecular flexibility index (Phi) is 3.86. The molecule has 0 spiro atoms. The summed E-state index contributed by atoms with van der Waals surface area (Å²) >= 11 is 0. The van der Waals surface area contributed by atoms with Crippen molar-refractivity contribution in [1.29, 1.82) is 0 Å². The molecule has 0 amide bonds. The third-order valence-electron chi connectivity index (χ3n) is 2.55. The summed E-state index contributed by atoms with van der Waals surface area (Å²) in [6.07, 6.45) is 0.485. The number of rotatable bonds is 4. The highest BCUT2D eigenvalue weighted by Gasteiger charge is 2.20. The van der Waals surface area contributed by atoms with Gasteiger partial charge in [-0.25, -0.2) is 0 Å². The van der Waals surface area contributed by atoms with Crippen LogP contribution in [0.4, 0.5) is 0 Å². The topological polar surface area (TPSA) is 63.3 Å². The smallest absolute Gasteiger partial charge is 0.311 e. The Morgan fingerprint density at radius 3 is 2.60 bits per heavy atom. The van der Waals surface area contributed by atoms with Gasteiger partial charge in [0.2, 0.25) is 0 Å². The van der Waals surface area contributed by atoms with Crippen LogP contribution in [-0.4, -0.2) is 17.6 Å². The maximum Gasteiger partial charge on any atom is 0.311 e. The van der Waals surface area contributed by atoms with E-state index in [4.69, 9.17) is 10.8 Å². The van der Waals surface area contributed by atoms with E-state index in [1.54, 1.807) is 0 Å². The Bertz CT molecular complexity index is 361. The van der Waals surface area contributed by atoms with Gasteiger partial charge in [-0.1, -0.05) is 23.8 Å². The van der Waals surface area contributed by atoms with Crippen molar-refractivity contribution in [1.82, 2.24) is 0 Å². The van der Waals surface area contributed by atoms with Gasteiger partial charge in [0.1, 0.15) is 0 Å². The predicted molar refractivity (Wildman–Crippen MR) is 60.0 cm³/mol. The van der Waals surface area contributed by atoms with Gasteiger partial charge >= 0.3 is 5.97 Å². The number of carbonyl (C=O) groups is 1. The summed E-state index contributed by atoms with van der Waals surface area (Å²) in [6.45, 7) is 4.33. The molecule has 1 rings (SSSR count). The van der Waals surface area contributed by atoms with Gasteiger partial charge in [-0.05, 0) is 37.9 Å². The summed E-state index contributed by atoms with van der Waals surface area (Å²) in [6, 6.07) is 5.83. The van der Waals surface area contributed by atoms with E-state index in [0.717, 1.165) is 16.7 Å². The SMILES string of the molecule is Cc1ccc(C(CCN)C(=O)O)c(C)c1. The predicted octanol–water partition coefficient (Wildman–Crippen LogP) is 1.82. The molecular formula is C12H17NO2. The molecule has 0 saturated heterocycles. The first kappa shape index (κ1) is 11.7. The second kappa shape index (κ2) is 4.94. The van der Waals surface area contributed by atoms with E-state index in [9.17, 15) is 4.79 Å². The Labute approximate surface area is 89.9 Å². The second-order valence-electron chi connectivity index (χ2n) is 3.83. The number of benzene rings is 1. The molecule has 0 aliphatic carbocycles. The van der Waals surface area contributed by atoms with Crippen LogP contribution in [-0.2, 0) is 4.79 Å². The lowest BCUT2D eigenvalue weighted by Crippen LogP contribution is -2.17. The fraction of sp³-hybridized carbons (Fsp3) is 0.417. The van der Waals surface area contributed by atoms with Gasteiger partial charge < -0.3 is 10.8 Å². The molecule has 0 fully saturated rings. The van der Waals surface area contributed by atoms with Crippen LogP contribution in [0, 0.1) is 13.8 Å². The van der Waals surface area contributed by atoms with E-state index in [1.165, 1.54) is 0 Å². The zero-order chi connectivity index (χ0) is 11.4. The van der Waals surface area contributed by atoms with Crippen molar-refractivity contribution in [2.75, 3.05) is 6.54 Å². The minimum atomic E-state index is -0.799. The number of carboxylic acids is 1. The summed E-state index contributed by atoms with van der Waals surface area (Å²) in [5.74, 6) is -1.27. The van der Waals surface area contributed by atoms with Gasteiger partial charge in [0.25, 0.3) is 0 Å². The van der Waals surface area contributed by atoms with Crippen LogP contribution in [0.25, 0.3) is 0 Å². The highest BCUT2D eigenvalue weighted by Crippen LogP contribution is 2.23. The quantitative estimate of drug-likeness (QED) is 0.791. The third-order valence-corrected chi connectivity index (χ3v) is 2.55. The van der Waals surface area contributed by atoms with Crippen molar-refractivity contribution in [2.24, 2.45) is 5.73 Å². The first-order chi connectivity index (χ1) is 7.06. The van der Waals surface area contributed by atoms with Crippen LogP contribution in [0.3, 0.4) is 0 Å². The highest BCUT2D eigenvalue weighted by atomic mass is 16.4. The number of aryl methyl sites for hydroxylation is 2. The summed E-state index contributed by atoms with van der Waals surface area (Å²) < 4.78 is 0. The van der Waals surface area contributed by atoms with Gasteiger partial charge in [0.05, 0.1) is 5.92 Å². The Morgan fingerprint density at radius 2 is 2.13 bits per heavy atom. The van der Waals surface area contributed by atoms with Gasteiger partial charge in [-0.15, -0.1) is 0 Å². The molecule has 0 bridgehead atoms. The van der Waals surface area contributed by atoms with Gasteiger partial charge in [0, 0.05) is 0 Å². The average Bonchev–Trinajstić information content (AvgIpc) is 2.15. The van der Waals surface area contributed by atoms with Gasteiger partial charge in [-0.3, -0.25) is 4.79 Å². The van der Waals surface area contributed by atoms with Crippen LogP contribution in [0.15, 0.2) is 18.2 Å². The van der Waals surface area contributed by atoms with Crippen LogP contribution in [0.5, 0.6) is 0 Å². The maximum absolute atomic E-state index is 11.1. The number of hydrogen-bond acceptors (Lipinski definition) is 2. The molecule has 0 heterocycles. The monoisotopic (exact) mass is 207 g/mol. The zero-order valence-electron chi connectivity index (χ0n) is 9.16. The second-order valence-corrected chi connectivity index (χ2v) is 3.83. The van der Waals surface area contributed by atoms with Crippen LogP contribution in [0.1, 0.15) is 29.0 Å². The summed E-state index contributed by atoms with van der Waals surface area (Å²) in [4.78, 5) is 11.1. The van der Waals surface area contributed by atoms with Crippen molar-refractivity contribution in [3.63, 3.8) is 0 Å². The number of nitrogens with two attached hydrogens (primary N) is 1. The van der Waals surface area contributed by atoms with E-state index >= 15 is 0 Å². The zero-order valence-corrected chi connectivity index (χ0v) is 9.16. The molecule has 1 unspecified atom stereocenters. The standard InChI is InChI=1S/C12H17NO2/c1-8-3-4-10(9(2)7-8)11(5-6-13)12(14)15/h3-4,7,11H,5-6,13H2,1-2H3,(H,14,15). The molecule has 0 saturated carbocycles. The molecule has 3 nitrogen and oxygen atoms in total. The Hall–Kier alpha value is -1.35. The van der Waals surface area contributed by atoms with Crippen molar-refractivity contribution in [2.45, 2.75) is 26.2 Å². The summed E-state index contributed by atoms with van der Waals surface area (Å²) in [5.41, 5.74) is 8.47. The van der Waals surface area contributed by atoms with Crippen molar-refractivity contribution in [3.05, 3.63) is 34.9 Å². The highest BCUT2D eigenvalue weighted by molar-refractivity contribution is 5.76. The molecule has 3 N–H and O–H groups in total.